The van der Waals surface area contributed by atoms with E-state index in [1.807, 2.05) is 0 Å². The third-order valence-corrected chi connectivity index (χ3v) is 3.13. The average Bonchev–Trinajstić information content (AvgIpc) is 2.59. The van der Waals surface area contributed by atoms with Crippen LogP contribution in [0.2, 0.25) is 0 Å². The van der Waals surface area contributed by atoms with E-state index in [-0.39, 0.29) is 6.42 Å². The first kappa shape index (κ1) is 15.9. The second-order valence-corrected chi connectivity index (χ2v) is 5.05. The topological polar surface area (TPSA) is 91.3 Å². The molecule has 0 radical (unpaired) electrons. The molecular formula is C12H20O7. The van der Waals surface area contributed by atoms with Crippen LogP contribution >= 0.6 is 0 Å². The molecule has 110 valence electrons. The van der Waals surface area contributed by atoms with Crippen molar-refractivity contribution < 1.29 is 33.6 Å². The first-order valence-electron chi connectivity index (χ1n) is 5.88. The SMILES string of the molecule is COC(C)(CC(C(=O)O)[C@H]1OC(C)(C)OC1=O)OC. The number of aliphatic carboxylic acids is 1. The number of carbonyl (C=O) groups excluding carboxylic acids is 1. The number of carboxylic acids is 1. The molecule has 1 heterocycles. The minimum Gasteiger partial charge on any atom is -0.481 e. The Bertz CT molecular complexity index is 359. The van der Waals surface area contributed by atoms with E-state index in [0.29, 0.717) is 0 Å². The van der Waals surface area contributed by atoms with Crippen LogP contribution in [0.25, 0.3) is 0 Å². The molecule has 1 saturated heterocycles. The van der Waals surface area contributed by atoms with Crippen LogP contribution in [0.4, 0.5) is 0 Å². The van der Waals surface area contributed by atoms with Crippen molar-refractivity contribution in [2.24, 2.45) is 5.92 Å². The molecule has 0 aromatic rings. The minimum absolute atomic E-state index is 0.0365. The zero-order valence-corrected chi connectivity index (χ0v) is 11.8. The molecule has 0 bridgehead atoms. The molecule has 0 saturated carbocycles. The fourth-order valence-corrected chi connectivity index (χ4v) is 1.90. The molecule has 0 aromatic heterocycles. The molecule has 7 nitrogen and oxygen atoms in total. The maximum atomic E-state index is 11.7. The van der Waals surface area contributed by atoms with E-state index in [0.717, 1.165) is 0 Å². The van der Waals surface area contributed by atoms with E-state index in [4.69, 9.17) is 18.9 Å². The Kier molecular flexibility index (Phi) is 4.54. The van der Waals surface area contributed by atoms with Gasteiger partial charge in [-0.15, -0.1) is 0 Å². The number of esters is 1. The molecule has 1 fully saturated rings. The van der Waals surface area contributed by atoms with Crippen LogP contribution in [0.15, 0.2) is 0 Å². The van der Waals surface area contributed by atoms with Crippen molar-refractivity contribution in [1.82, 2.24) is 0 Å². The van der Waals surface area contributed by atoms with E-state index >= 15 is 0 Å². The largest absolute Gasteiger partial charge is 0.481 e. The number of ether oxygens (including phenoxy) is 4. The molecule has 1 aliphatic rings. The van der Waals surface area contributed by atoms with E-state index in [1.165, 1.54) is 14.2 Å². The Morgan fingerprint density at radius 1 is 1.47 bits per heavy atom. The summed E-state index contributed by atoms with van der Waals surface area (Å²) in [6, 6.07) is 0. The number of hydrogen-bond donors (Lipinski definition) is 1. The highest BCUT2D eigenvalue weighted by Crippen LogP contribution is 2.33. The molecular weight excluding hydrogens is 256 g/mol. The second-order valence-electron chi connectivity index (χ2n) is 5.05. The summed E-state index contributed by atoms with van der Waals surface area (Å²) in [7, 11) is 2.81. The summed E-state index contributed by atoms with van der Waals surface area (Å²) in [5.41, 5.74) is 0. The highest BCUT2D eigenvalue weighted by Gasteiger charge is 2.49. The van der Waals surface area contributed by atoms with Gasteiger partial charge < -0.3 is 24.1 Å². The summed E-state index contributed by atoms with van der Waals surface area (Å²) in [4.78, 5) is 23.1. The van der Waals surface area contributed by atoms with Gasteiger partial charge in [-0.1, -0.05) is 0 Å². The van der Waals surface area contributed by atoms with Gasteiger partial charge in [-0.3, -0.25) is 4.79 Å². The lowest BCUT2D eigenvalue weighted by molar-refractivity contribution is -0.215. The zero-order chi connectivity index (χ0) is 14.8. The van der Waals surface area contributed by atoms with Gasteiger partial charge in [-0.2, -0.15) is 0 Å². The Morgan fingerprint density at radius 3 is 2.32 bits per heavy atom. The van der Waals surface area contributed by atoms with Gasteiger partial charge in [0, 0.05) is 34.5 Å². The maximum Gasteiger partial charge on any atom is 0.338 e. The highest BCUT2D eigenvalue weighted by atomic mass is 16.8. The van der Waals surface area contributed by atoms with Crippen LogP contribution in [0.3, 0.4) is 0 Å². The second kappa shape index (κ2) is 5.44. The minimum atomic E-state index is -1.17. The van der Waals surface area contributed by atoms with Crippen LogP contribution in [0.1, 0.15) is 27.2 Å². The number of carboxylic acid groups (broad SMARTS) is 1. The normalized spacial score (nSPS) is 24.1. The van der Waals surface area contributed by atoms with Gasteiger partial charge in [0.15, 0.2) is 11.9 Å². The number of carbonyl (C=O) groups is 2. The molecule has 19 heavy (non-hydrogen) atoms. The van der Waals surface area contributed by atoms with Crippen molar-refractivity contribution in [1.29, 1.82) is 0 Å². The zero-order valence-electron chi connectivity index (χ0n) is 11.8. The Balaban J connectivity index is 2.91. The standard InChI is InChI=1S/C12H20O7/c1-11(2)18-8(10(15)19-11)7(9(13)14)6-12(3,16-4)17-5/h7-8H,6H2,1-5H3,(H,13,14)/t7?,8-/m1/s1. The van der Waals surface area contributed by atoms with Crippen molar-refractivity contribution in [3.63, 3.8) is 0 Å². The number of methoxy groups -OCH3 is 2. The summed E-state index contributed by atoms with van der Waals surface area (Å²) < 4.78 is 20.6. The smallest absolute Gasteiger partial charge is 0.338 e. The van der Waals surface area contributed by atoms with Crippen LogP contribution in [0.5, 0.6) is 0 Å². The van der Waals surface area contributed by atoms with Crippen molar-refractivity contribution in [2.45, 2.75) is 44.9 Å². The molecule has 1 aliphatic heterocycles. The van der Waals surface area contributed by atoms with Gasteiger partial charge in [0.1, 0.15) is 0 Å². The molecule has 0 aliphatic carbocycles. The predicted octanol–water partition coefficient (Wildman–Crippen LogP) is 0.764. The van der Waals surface area contributed by atoms with Gasteiger partial charge in [0.25, 0.3) is 0 Å². The van der Waals surface area contributed by atoms with Crippen LogP contribution in [-0.2, 0) is 28.5 Å². The molecule has 1 N–H and O–H groups in total. The van der Waals surface area contributed by atoms with Crippen molar-refractivity contribution in [3.8, 4) is 0 Å². The summed E-state index contributed by atoms with van der Waals surface area (Å²) in [5, 5.41) is 9.28. The van der Waals surface area contributed by atoms with Crippen molar-refractivity contribution in [2.75, 3.05) is 14.2 Å². The van der Waals surface area contributed by atoms with Crippen molar-refractivity contribution in [3.05, 3.63) is 0 Å². The molecule has 2 atom stereocenters. The van der Waals surface area contributed by atoms with E-state index in [9.17, 15) is 14.7 Å². The van der Waals surface area contributed by atoms with Gasteiger partial charge in [-0.05, 0) is 6.92 Å². The lowest BCUT2D eigenvalue weighted by atomic mass is 9.94. The molecule has 0 amide bonds. The first-order valence-corrected chi connectivity index (χ1v) is 5.88. The molecule has 1 rings (SSSR count). The molecule has 1 unspecified atom stereocenters. The third-order valence-electron chi connectivity index (χ3n) is 3.13. The Morgan fingerprint density at radius 2 is 2.00 bits per heavy atom. The summed E-state index contributed by atoms with van der Waals surface area (Å²) in [5.74, 6) is -5.20. The number of hydrogen-bond acceptors (Lipinski definition) is 6. The van der Waals surface area contributed by atoms with Gasteiger partial charge in [-0.25, -0.2) is 4.79 Å². The van der Waals surface area contributed by atoms with E-state index < -0.39 is 35.5 Å². The van der Waals surface area contributed by atoms with Gasteiger partial charge in [0.2, 0.25) is 5.79 Å². The quantitative estimate of drug-likeness (QED) is 0.565. The maximum absolute atomic E-state index is 11.7. The molecule has 7 heteroatoms. The monoisotopic (exact) mass is 276 g/mol. The fourth-order valence-electron chi connectivity index (χ4n) is 1.90. The lowest BCUT2D eigenvalue weighted by Crippen LogP contribution is -2.42. The Hall–Kier alpha value is -1.18. The molecule has 0 aromatic carbocycles. The summed E-state index contributed by atoms with van der Waals surface area (Å²) in [6.45, 7) is 4.69. The molecule has 0 spiro atoms. The predicted molar refractivity (Wildman–Crippen MR) is 63.2 cm³/mol. The van der Waals surface area contributed by atoms with Crippen LogP contribution in [0, 0.1) is 5.92 Å². The third kappa shape index (κ3) is 3.65. The Labute approximate surface area is 111 Å². The van der Waals surface area contributed by atoms with Gasteiger partial charge >= 0.3 is 11.9 Å². The lowest BCUT2D eigenvalue weighted by Gasteiger charge is -2.30. The van der Waals surface area contributed by atoms with Crippen LogP contribution in [-0.4, -0.2) is 48.9 Å². The van der Waals surface area contributed by atoms with E-state index in [2.05, 4.69) is 0 Å². The first-order chi connectivity index (χ1) is 8.64. The summed E-state index contributed by atoms with van der Waals surface area (Å²) in [6.07, 6.45) is -1.21. The van der Waals surface area contributed by atoms with Gasteiger partial charge in [0.05, 0.1) is 5.92 Å². The van der Waals surface area contributed by atoms with E-state index in [1.54, 1.807) is 20.8 Å². The number of rotatable bonds is 6. The van der Waals surface area contributed by atoms with Crippen molar-refractivity contribution >= 4 is 11.9 Å². The number of cyclic esters (lactones) is 1. The fraction of sp³-hybridized carbons (Fsp3) is 0.833. The van der Waals surface area contributed by atoms with Crippen LogP contribution < -0.4 is 0 Å². The summed E-state index contributed by atoms with van der Waals surface area (Å²) >= 11 is 0. The average molecular weight is 276 g/mol. The highest BCUT2D eigenvalue weighted by molar-refractivity contribution is 5.84.